The van der Waals surface area contributed by atoms with Crippen LogP contribution in [0, 0.1) is 5.92 Å². The third-order valence-electron chi connectivity index (χ3n) is 6.96. The molecular weight excluding hydrogens is 522 g/mol. The minimum Gasteiger partial charge on any atom is -0.497 e. The molecule has 0 saturated carbocycles. The third-order valence-corrected chi connectivity index (χ3v) is 7.85. The molecule has 3 heterocycles. The number of carbonyl (C=O) groups excluding carboxylic acids is 3. The first kappa shape index (κ1) is 28.5. The molecule has 210 valence electrons. The molecule has 0 N–H and O–H groups in total. The molecule has 4 rings (SSSR count). The van der Waals surface area contributed by atoms with E-state index in [2.05, 4.69) is 0 Å². The van der Waals surface area contributed by atoms with Crippen molar-refractivity contribution in [3.63, 3.8) is 0 Å². The van der Waals surface area contributed by atoms with Gasteiger partial charge in [-0.05, 0) is 51.2 Å². The van der Waals surface area contributed by atoms with Gasteiger partial charge in [0, 0.05) is 30.4 Å². The summed E-state index contributed by atoms with van der Waals surface area (Å²) in [4.78, 5) is 47.4. The molecule has 1 fully saturated rings. The first-order valence-electron chi connectivity index (χ1n) is 13.1. The Morgan fingerprint density at radius 1 is 1.10 bits per heavy atom. The van der Waals surface area contributed by atoms with E-state index in [1.807, 2.05) is 22.4 Å². The average Bonchev–Trinajstić information content (AvgIpc) is 3.33. The lowest BCUT2D eigenvalue weighted by Gasteiger charge is -2.37. The Balaban J connectivity index is 1.66. The highest BCUT2D eigenvalue weighted by molar-refractivity contribution is 8.16. The summed E-state index contributed by atoms with van der Waals surface area (Å²) in [6.07, 6.45) is 1.53. The molecule has 11 heteroatoms. The minimum absolute atomic E-state index is 0.0890. The molecular formula is C28H35N3O7S. The van der Waals surface area contributed by atoms with Crippen LogP contribution in [0.5, 0.6) is 11.5 Å². The second-order valence-electron chi connectivity index (χ2n) is 9.33. The maximum absolute atomic E-state index is 13.5. The monoisotopic (exact) mass is 557 g/mol. The molecule has 0 radical (unpaired) electrons. The Labute approximate surface area is 233 Å². The predicted molar refractivity (Wildman–Crippen MR) is 147 cm³/mol. The number of hydrogen-bond donors (Lipinski definition) is 0. The molecule has 0 spiro atoms. The third kappa shape index (κ3) is 5.93. The second kappa shape index (κ2) is 12.6. The van der Waals surface area contributed by atoms with Crippen molar-refractivity contribution in [1.82, 2.24) is 9.80 Å². The Kier molecular flexibility index (Phi) is 9.21. The minimum atomic E-state index is -0.625. The lowest BCUT2D eigenvalue weighted by molar-refractivity contribution is -0.151. The van der Waals surface area contributed by atoms with Gasteiger partial charge in [-0.25, -0.2) is 9.79 Å². The Morgan fingerprint density at radius 2 is 1.87 bits per heavy atom. The zero-order valence-electron chi connectivity index (χ0n) is 23.0. The van der Waals surface area contributed by atoms with E-state index in [0.29, 0.717) is 65.3 Å². The Bertz CT molecular complexity index is 1230. The van der Waals surface area contributed by atoms with Crippen LogP contribution in [0.25, 0.3) is 0 Å². The van der Waals surface area contributed by atoms with Crippen molar-refractivity contribution in [3.05, 3.63) is 46.1 Å². The van der Waals surface area contributed by atoms with Gasteiger partial charge in [-0.3, -0.25) is 9.59 Å². The van der Waals surface area contributed by atoms with Crippen LogP contribution in [-0.4, -0.2) is 73.3 Å². The maximum atomic E-state index is 13.5. The summed E-state index contributed by atoms with van der Waals surface area (Å²) in [6, 6.07) is 4.80. The normalized spacial score (nSPS) is 20.6. The standard InChI is InChI=1S/C28H35N3O7S/c1-6-37-26(33)18-9-8-12-30(15-18)23(32)13-19-16-39-28-29-17(3)24(27(34)38-7-2)25(31(19)28)21-11-10-20(35-4)14-22(21)36-5/h10-11,14,16,18,25H,6-9,12-13,15H2,1-5H3/t18-,25+/m1/s1. The molecule has 3 aliphatic rings. The van der Waals surface area contributed by atoms with Gasteiger partial charge in [-0.2, -0.15) is 0 Å². The molecule has 1 amide bonds. The SMILES string of the molecule is CCOC(=O)C1=C(C)N=C2SC=C(CC(=O)N3CCC[C@@H](C(=O)OCC)C3)N2[C@H]1c1ccc(OC)cc1OC. The molecule has 1 saturated heterocycles. The molecule has 39 heavy (non-hydrogen) atoms. The smallest absolute Gasteiger partial charge is 0.338 e. The molecule has 0 aromatic heterocycles. The van der Waals surface area contributed by atoms with Crippen LogP contribution in [0.4, 0.5) is 0 Å². The highest BCUT2D eigenvalue weighted by Crippen LogP contribution is 2.47. The number of nitrogens with zero attached hydrogens (tertiary/aromatic N) is 3. The van der Waals surface area contributed by atoms with Crippen LogP contribution in [0.1, 0.15) is 51.6 Å². The molecule has 1 aromatic rings. The summed E-state index contributed by atoms with van der Waals surface area (Å²) >= 11 is 1.40. The van der Waals surface area contributed by atoms with Crippen molar-refractivity contribution in [2.75, 3.05) is 40.5 Å². The van der Waals surface area contributed by atoms with Crippen LogP contribution in [0.15, 0.2) is 45.6 Å². The fraction of sp³-hybridized carbons (Fsp3) is 0.500. The number of methoxy groups -OCH3 is 2. The van der Waals surface area contributed by atoms with Crippen molar-refractivity contribution < 1.29 is 33.3 Å². The summed E-state index contributed by atoms with van der Waals surface area (Å²) in [5.41, 5.74) is 2.35. The maximum Gasteiger partial charge on any atom is 0.338 e. The number of fused-ring (bicyclic) bond motifs is 1. The topological polar surface area (TPSA) is 107 Å². The number of carbonyl (C=O) groups is 3. The van der Waals surface area contributed by atoms with Crippen molar-refractivity contribution in [3.8, 4) is 11.5 Å². The average molecular weight is 558 g/mol. The van der Waals surface area contributed by atoms with Gasteiger partial charge in [0.05, 0.1) is 57.1 Å². The summed E-state index contributed by atoms with van der Waals surface area (Å²) in [5.74, 6) is -0.00716. The van der Waals surface area contributed by atoms with Crippen molar-refractivity contribution in [1.29, 1.82) is 0 Å². The molecule has 10 nitrogen and oxygen atoms in total. The quantitative estimate of drug-likeness (QED) is 0.416. The van der Waals surface area contributed by atoms with Gasteiger partial charge in [0.2, 0.25) is 5.91 Å². The van der Waals surface area contributed by atoms with Gasteiger partial charge in [0.1, 0.15) is 11.5 Å². The molecule has 0 unspecified atom stereocenters. The van der Waals surface area contributed by atoms with E-state index in [1.165, 1.54) is 11.8 Å². The van der Waals surface area contributed by atoms with Gasteiger partial charge >= 0.3 is 11.9 Å². The second-order valence-corrected chi connectivity index (χ2v) is 10.2. The number of likely N-dealkylation sites (tertiary alicyclic amines) is 1. The lowest BCUT2D eigenvalue weighted by atomic mass is 9.92. The molecule has 3 aliphatic heterocycles. The number of aliphatic imine (C=N–C) groups is 1. The first-order valence-corrected chi connectivity index (χ1v) is 14.0. The largest absolute Gasteiger partial charge is 0.497 e. The number of rotatable bonds is 9. The van der Waals surface area contributed by atoms with Crippen LogP contribution >= 0.6 is 11.8 Å². The molecule has 0 bridgehead atoms. The van der Waals surface area contributed by atoms with Gasteiger partial charge in [0.15, 0.2) is 5.17 Å². The van der Waals surface area contributed by atoms with E-state index in [0.717, 1.165) is 6.42 Å². The van der Waals surface area contributed by atoms with Crippen LogP contribution < -0.4 is 9.47 Å². The number of esters is 2. The van der Waals surface area contributed by atoms with Crippen molar-refractivity contribution in [2.45, 2.75) is 46.1 Å². The first-order chi connectivity index (χ1) is 18.8. The number of amides is 1. The molecule has 1 aromatic carbocycles. The fourth-order valence-corrected chi connectivity index (χ4v) is 6.07. The molecule has 0 aliphatic carbocycles. The van der Waals surface area contributed by atoms with E-state index in [9.17, 15) is 14.4 Å². The van der Waals surface area contributed by atoms with Gasteiger partial charge < -0.3 is 28.7 Å². The number of allylic oxidation sites excluding steroid dienone is 1. The summed E-state index contributed by atoms with van der Waals surface area (Å²) < 4.78 is 21.7. The van der Waals surface area contributed by atoms with E-state index >= 15 is 0 Å². The van der Waals surface area contributed by atoms with Gasteiger partial charge in [0.25, 0.3) is 0 Å². The van der Waals surface area contributed by atoms with E-state index in [1.54, 1.807) is 46.0 Å². The van der Waals surface area contributed by atoms with E-state index < -0.39 is 12.0 Å². The lowest BCUT2D eigenvalue weighted by Crippen LogP contribution is -2.44. The van der Waals surface area contributed by atoms with Crippen LogP contribution in [-0.2, 0) is 23.9 Å². The molecule has 2 atom stereocenters. The number of piperidine rings is 1. The van der Waals surface area contributed by atoms with Crippen molar-refractivity contribution >= 4 is 34.8 Å². The van der Waals surface area contributed by atoms with Gasteiger partial charge in [-0.15, -0.1) is 0 Å². The van der Waals surface area contributed by atoms with Crippen LogP contribution in [0.2, 0.25) is 0 Å². The number of benzene rings is 1. The fourth-order valence-electron chi connectivity index (χ4n) is 5.10. The highest BCUT2D eigenvalue weighted by Gasteiger charge is 2.43. The zero-order chi connectivity index (χ0) is 28.1. The van der Waals surface area contributed by atoms with E-state index in [4.69, 9.17) is 23.9 Å². The van der Waals surface area contributed by atoms with Crippen molar-refractivity contribution in [2.24, 2.45) is 10.9 Å². The zero-order valence-corrected chi connectivity index (χ0v) is 23.8. The summed E-state index contributed by atoms with van der Waals surface area (Å²) in [7, 11) is 3.14. The summed E-state index contributed by atoms with van der Waals surface area (Å²) in [6.45, 7) is 6.77. The summed E-state index contributed by atoms with van der Waals surface area (Å²) in [5, 5.41) is 2.56. The number of thioether (sulfide) groups is 1. The number of hydrogen-bond acceptors (Lipinski definition) is 10. The predicted octanol–water partition coefficient (Wildman–Crippen LogP) is 4.03. The van der Waals surface area contributed by atoms with Gasteiger partial charge in [-0.1, -0.05) is 11.8 Å². The highest BCUT2D eigenvalue weighted by atomic mass is 32.2. The number of amidine groups is 1. The Morgan fingerprint density at radius 3 is 2.56 bits per heavy atom. The van der Waals surface area contributed by atoms with Crippen LogP contribution in [0.3, 0.4) is 0 Å². The van der Waals surface area contributed by atoms with E-state index in [-0.39, 0.29) is 30.8 Å². The number of ether oxygens (including phenoxy) is 4. The Hall–Kier alpha value is -3.47.